The minimum absolute atomic E-state index is 0.0107. The zero-order valence-corrected chi connectivity index (χ0v) is 16.6. The predicted molar refractivity (Wildman–Crippen MR) is 109 cm³/mol. The van der Waals surface area contributed by atoms with E-state index >= 15 is 0 Å². The lowest BCUT2D eigenvalue weighted by Crippen LogP contribution is -2.44. The SMILES string of the molecule is CC1CN(C(=O)c2ccc(NC(=O)C(c3ccccc3)N(C)C)cc2)CCO1. The van der Waals surface area contributed by atoms with Gasteiger partial charge in [0.15, 0.2) is 0 Å². The molecule has 0 radical (unpaired) electrons. The number of hydrogen-bond acceptors (Lipinski definition) is 4. The average molecular weight is 381 g/mol. The molecule has 6 nitrogen and oxygen atoms in total. The fourth-order valence-electron chi connectivity index (χ4n) is 3.41. The van der Waals surface area contributed by atoms with E-state index in [1.165, 1.54) is 0 Å². The Morgan fingerprint density at radius 2 is 1.79 bits per heavy atom. The topological polar surface area (TPSA) is 61.9 Å². The Morgan fingerprint density at radius 1 is 1.11 bits per heavy atom. The van der Waals surface area contributed by atoms with Crippen LogP contribution >= 0.6 is 0 Å². The first kappa shape index (κ1) is 20.0. The third-order valence-corrected chi connectivity index (χ3v) is 4.81. The van der Waals surface area contributed by atoms with Gasteiger partial charge in [-0.15, -0.1) is 0 Å². The molecule has 3 rings (SSSR count). The second-order valence-electron chi connectivity index (χ2n) is 7.28. The molecule has 2 amide bonds. The zero-order chi connectivity index (χ0) is 20.1. The van der Waals surface area contributed by atoms with Crippen molar-refractivity contribution in [3.63, 3.8) is 0 Å². The van der Waals surface area contributed by atoms with Crippen LogP contribution in [0.2, 0.25) is 0 Å². The Labute approximate surface area is 166 Å². The number of benzene rings is 2. The lowest BCUT2D eigenvalue weighted by Gasteiger charge is -2.31. The van der Waals surface area contributed by atoms with Crippen LogP contribution in [0.1, 0.15) is 28.9 Å². The van der Waals surface area contributed by atoms with E-state index in [2.05, 4.69) is 5.32 Å². The van der Waals surface area contributed by atoms with Gasteiger partial charge in [-0.1, -0.05) is 30.3 Å². The molecule has 1 aliphatic heterocycles. The van der Waals surface area contributed by atoms with E-state index in [4.69, 9.17) is 4.74 Å². The number of carbonyl (C=O) groups is 2. The van der Waals surface area contributed by atoms with Gasteiger partial charge in [0.05, 0.1) is 12.7 Å². The molecule has 1 saturated heterocycles. The maximum atomic E-state index is 12.8. The van der Waals surface area contributed by atoms with Gasteiger partial charge in [-0.3, -0.25) is 14.5 Å². The van der Waals surface area contributed by atoms with Crippen molar-refractivity contribution in [1.29, 1.82) is 0 Å². The number of morpholine rings is 1. The van der Waals surface area contributed by atoms with Crippen molar-refractivity contribution in [1.82, 2.24) is 9.80 Å². The normalized spacial score (nSPS) is 18.0. The summed E-state index contributed by atoms with van der Waals surface area (Å²) in [5.74, 6) is -0.124. The maximum absolute atomic E-state index is 12.8. The molecule has 2 unspecified atom stereocenters. The van der Waals surface area contributed by atoms with Gasteiger partial charge in [-0.05, 0) is 50.8 Å². The first-order valence-electron chi connectivity index (χ1n) is 9.49. The summed E-state index contributed by atoms with van der Waals surface area (Å²) >= 11 is 0. The Morgan fingerprint density at radius 3 is 2.39 bits per heavy atom. The quantitative estimate of drug-likeness (QED) is 0.865. The molecule has 2 atom stereocenters. The lowest BCUT2D eigenvalue weighted by molar-refractivity contribution is -0.120. The number of hydrogen-bond donors (Lipinski definition) is 1. The second kappa shape index (κ2) is 8.99. The van der Waals surface area contributed by atoms with E-state index in [1.807, 2.05) is 56.3 Å². The highest BCUT2D eigenvalue weighted by molar-refractivity contribution is 5.97. The summed E-state index contributed by atoms with van der Waals surface area (Å²) in [4.78, 5) is 29.1. The van der Waals surface area contributed by atoms with Gasteiger partial charge < -0.3 is 15.0 Å². The van der Waals surface area contributed by atoms with E-state index in [0.29, 0.717) is 30.9 Å². The van der Waals surface area contributed by atoms with E-state index in [-0.39, 0.29) is 17.9 Å². The monoisotopic (exact) mass is 381 g/mol. The fraction of sp³-hybridized carbons (Fsp3) is 0.364. The summed E-state index contributed by atoms with van der Waals surface area (Å²) < 4.78 is 5.49. The van der Waals surface area contributed by atoms with Crippen LogP contribution in [0.3, 0.4) is 0 Å². The smallest absolute Gasteiger partial charge is 0.254 e. The van der Waals surface area contributed by atoms with Gasteiger partial charge in [-0.2, -0.15) is 0 Å². The highest BCUT2D eigenvalue weighted by Gasteiger charge is 2.24. The largest absolute Gasteiger partial charge is 0.375 e. The Hall–Kier alpha value is -2.70. The third-order valence-electron chi connectivity index (χ3n) is 4.81. The number of carbonyl (C=O) groups excluding carboxylic acids is 2. The first-order valence-corrected chi connectivity index (χ1v) is 9.49. The highest BCUT2D eigenvalue weighted by atomic mass is 16.5. The van der Waals surface area contributed by atoms with Gasteiger partial charge in [0.2, 0.25) is 5.91 Å². The summed E-state index contributed by atoms with van der Waals surface area (Å²) in [5.41, 5.74) is 2.21. The van der Waals surface area contributed by atoms with Crippen molar-refractivity contribution >= 4 is 17.5 Å². The number of amides is 2. The van der Waals surface area contributed by atoms with Crippen molar-refractivity contribution in [2.75, 3.05) is 39.1 Å². The Bertz CT molecular complexity index is 806. The van der Waals surface area contributed by atoms with Gasteiger partial charge >= 0.3 is 0 Å². The molecule has 0 aliphatic carbocycles. The highest BCUT2D eigenvalue weighted by Crippen LogP contribution is 2.21. The molecule has 0 aromatic heterocycles. The lowest BCUT2D eigenvalue weighted by atomic mass is 10.1. The number of likely N-dealkylation sites (N-methyl/N-ethyl adjacent to an activating group) is 1. The summed E-state index contributed by atoms with van der Waals surface area (Å²) in [5, 5.41) is 2.95. The van der Waals surface area contributed by atoms with Crippen LogP contribution in [0.5, 0.6) is 0 Å². The average Bonchev–Trinajstić information content (AvgIpc) is 2.68. The van der Waals surface area contributed by atoms with Crippen molar-refractivity contribution in [3.8, 4) is 0 Å². The van der Waals surface area contributed by atoms with Crippen molar-refractivity contribution in [2.24, 2.45) is 0 Å². The first-order chi connectivity index (χ1) is 13.5. The molecule has 1 heterocycles. The minimum Gasteiger partial charge on any atom is -0.375 e. The van der Waals surface area contributed by atoms with Crippen LogP contribution in [-0.4, -0.2) is 61.5 Å². The molecule has 28 heavy (non-hydrogen) atoms. The third kappa shape index (κ3) is 4.77. The molecule has 0 saturated carbocycles. The summed E-state index contributed by atoms with van der Waals surface area (Å²) in [6.07, 6.45) is 0.0530. The summed E-state index contributed by atoms with van der Waals surface area (Å²) in [7, 11) is 3.75. The fourth-order valence-corrected chi connectivity index (χ4v) is 3.41. The van der Waals surface area contributed by atoms with Crippen LogP contribution in [0.15, 0.2) is 54.6 Å². The van der Waals surface area contributed by atoms with Crippen LogP contribution in [0, 0.1) is 0 Å². The molecule has 1 aliphatic rings. The summed E-state index contributed by atoms with van der Waals surface area (Å²) in [6, 6.07) is 16.3. The van der Waals surface area contributed by atoms with Gasteiger partial charge in [0.1, 0.15) is 6.04 Å². The molecule has 0 spiro atoms. The van der Waals surface area contributed by atoms with Crippen molar-refractivity contribution in [2.45, 2.75) is 19.1 Å². The van der Waals surface area contributed by atoms with Gasteiger partial charge in [0.25, 0.3) is 5.91 Å². The summed E-state index contributed by atoms with van der Waals surface area (Å²) in [6.45, 7) is 3.72. The molecule has 0 bridgehead atoms. The number of ether oxygens (including phenoxy) is 1. The number of anilines is 1. The predicted octanol–water partition coefficient (Wildman–Crippen LogP) is 2.79. The number of rotatable bonds is 5. The molecular weight excluding hydrogens is 354 g/mol. The molecule has 1 N–H and O–H groups in total. The van der Waals surface area contributed by atoms with Gasteiger partial charge in [0, 0.05) is 24.3 Å². The van der Waals surface area contributed by atoms with E-state index in [0.717, 1.165) is 5.56 Å². The van der Waals surface area contributed by atoms with E-state index in [9.17, 15) is 9.59 Å². The Kier molecular flexibility index (Phi) is 6.44. The zero-order valence-electron chi connectivity index (χ0n) is 16.6. The molecular formula is C22H27N3O3. The number of nitrogens with zero attached hydrogens (tertiary/aromatic N) is 2. The second-order valence-corrected chi connectivity index (χ2v) is 7.28. The standard InChI is InChI=1S/C22H27N3O3/c1-16-15-25(13-14-28-16)22(27)18-9-11-19(12-10-18)23-21(26)20(24(2)3)17-7-5-4-6-8-17/h4-12,16,20H,13-15H2,1-3H3,(H,23,26). The van der Waals surface area contributed by atoms with Crippen LogP contribution < -0.4 is 5.32 Å². The van der Waals surface area contributed by atoms with E-state index < -0.39 is 6.04 Å². The molecule has 148 valence electrons. The van der Waals surface area contributed by atoms with Crippen LogP contribution in [0.25, 0.3) is 0 Å². The molecule has 6 heteroatoms. The molecule has 2 aromatic rings. The van der Waals surface area contributed by atoms with Crippen molar-refractivity contribution < 1.29 is 14.3 Å². The molecule has 2 aromatic carbocycles. The Balaban J connectivity index is 1.68. The van der Waals surface area contributed by atoms with E-state index in [1.54, 1.807) is 29.2 Å². The number of nitrogens with one attached hydrogen (secondary N) is 1. The minimum atomic E-state index is -0.391. The van der Waals surface area contributed by atoms with Crippen LogP contribution in [-0.2, 0) is 9.53 Å². The van der Waals surface area contributed by atoms with Crippen molar-refractivity contribution in [3.05, 3.63) is 65.7 Å². The maximum Gasteiger partial charge on any atom is 0.254 e. The molecule has 1 fully saturated rings. The van der Waals surface area contributed by atoms with Crippen LogP contribution in [0.4, 0.5) is 5.69 Å². The van der Waals surface area contributed by atoms with Gasteiger partial charge in [-0.25, -0.2) is 0 Å².